The summed E-state index contributed by atoms with van der Waals surface area (Å²) in [6.45, 7) is 0.173. The third-order valence-electron chi connectivity index (χ3n) is 5.43. The SMILES string of the molecule is COc1ccc(CCC2=NC(=O)NC(c3ccsc3)C2C(=O)OCc2ccccc2)cc1. The highest BCUT2D eigenvalue weighted by atomic mass is 32.1. The van der Waals surface area contributed by atoms with Gasteiger partial charge in [0.25, 0.3) is 0 Å². The summed E-state index contributed by atoms with van der Waals surface area (Å²) in [7, 11) is 1.63. The van der Waals surface area contributed by atoms with Crippen LogP contribution in [0.1, 0.15) is 29.2 Å². The van der Waals surface area contributed by atoms with Gasteiger partial charge in [-0.1, -0.05) is 42.5 Å². The van der Waals surface area contributed by atoms with Crippen LogP contribution in [-0.2, 0) is 22.6 Å². The zero-order chi connectivity index (χ0) is 22.3. The lowest BCUT2D eigenvalue weighted by Gasteiger charge is -2.30. The Labute approximate surface area is 190 Å². The number of ether oxygens (including phenoxy) is 2. The summed E-state index contributed by atoms with van der Waals surface area (Å²) in [6, 6.07) is 18.3. The molecule has 2 heterocycles. The lowest BCUT2D eigenvalue weighted by molar-refractivity contribution is -0.148. The van der Waals surface area contributed by atoms with Gasteiger partial charge in [-0.05, 0) is 58.5 Å². The average Bonchev–Trinajstić information content (AvgIpc) is 3.37. The molecule has 4 rings (SSSR count). The van der Waals surface area contributed by atoms with Gasteiger partial charge < -0.3 is 14.8 Å². The maximum Gasteiger partial charge on any atom is 0.341 e. The summed E-state index contributed by atoms with van der Waals surface area (Å²) in [4.78, 5) is 29.8. The molecule has 0 spiro atoms. The highest BCUT2D eigenvalue weighted by Gasteiger charge is 2.39. The molecule has 1 aliphatic heterocycles. The van der Waals surface area contributed by atoms with Crippen molar-refractivity contribution in [2.45, 2.75) is 25.5 Å². The molecule has 0 saturated heterocycles. The van der Waals surface area contributed by atoms with Gasteiger partial charge in [0, 0.05) is 5.71 Å². The predicted octanol–water partition coefficient (Wildman–Crippen LogP) is 4.95. The molecule has 2 amide bonds. The topological polar surface area (TPSA) is 77.0 Å². The number of urea groups is 1. The van der Waals surface area contributed by atoms with E-state index in [0.29, 0.717) is 18.6 Å². The fourth-order valence-corrected chi connectivity index (χ4v) is 4.43. The van der Waals surface area contributed by atoms with E-state index >= 15 is 0 Å². The number of aryl methyl sites for hydroxylation is 1. The number of carbonyl (C=O) groups excluding carboxylic acids is 2. The first-order chi connectivity index (χ1) is 15.6. The molecular formula is C25H24N2O4S. The van der Waals surface area contributed by atoms with Crippen LogP contribution in [0, 0.1) is 5.92 Å². The maximum absolute atomic E-state index is 13.2. The number of benzene rings is 2. The van der Waals surface area contributed by atoms with Crippen LogP contribution in [0.5, 0.6) is 5.75 Å². The molecule has 1 N–H and O–H groups in total. The van der Waals surface area contributed by atoms with Crippen molar-refractivity contribution >= 4 is 29.0 Å². The molecule has 164 valence electrons. The molecule has 1 aliphatic rings. The molecule has 7 heteroatoms. The fourth-order valence-electron chi connectivity index (χ4n) is 3.74. The largest absolute Gasteiger partial charge is 0.497 e. The molecule has 1 aromatic heterocycles. The van der Waals surface area contributed by atoms with Crippen molar-refractivity contribution in [3.63, 3.8) is 0 Å². The van der Waals surface area contributed by atoms with E-state index in [4.69, 9.17) is 9.47 Å². The molecule has 3 aromatic rings. The number of nitrogens with zero attached hydrogens (tertiary/aromatic N) is 1. The summed E-state index contributed by atoms with van der Waals surface area (Å²) in [5, 5.41) is 6.72. The van der Waals surface area contributed by atoms with E-state index in [-0.39, 0.29) is 6.61 Å². The van der Waals surface area contributed by atoms with Crippen molar-refractivity contribution < 1.29 is 19.1 Å². The van der Waals surface area contributed by atoms with E-state index in [1.54, 1.807) is 7.11 Å². The Balaban J connectivity index is 1.54. The van der Waals surface area contributed by atoms with E-state index in [9.17, 15) is 9.59 Å². The number of aliphatic imine (C=N–C) groups is 1. The third-order valence-corrected chi connectivity index (χ3v) is 6.13. The zero-order valence-electron chi connectivity index (χ0n) is 17.7. The number of rotatable bonds is 8. The van der Waals surface area contributed by atoms with Crippen molar-refractivity contribution in [2.24, 2.45) is 10.9 Å². The number of thiophene rings is 1. The molecule has 6 nitrogen and oxygen atoms in total. The molecule has 0 saturated carbocycles. The van der Waals surface area contributed by atoms with Gasteiger partial charge in [0.1, 0.15) is 18.3 Å². The van der Waals surface area contributed by atoms with Crippen LogP contribution >= 0.6 is 11.3 Å². The summed E-state index contributed by atoms with van der Waals surface area (Å²) >= 11 is 1.52. The van der Waals surface area contributed by atoms with Crippen LogP contribution in [0.4, 0.5) is 4.79 Å². The van der Waals surface area contributed by atoms with Gasteiger partial charge >= 0.3 is 12.0 Å². The normalized spacial score (nSPS) is 17.9. The van der Waals surface area contributed by atoms with Gasteiger partial charge in [-0.2, -0.15) is 11.3 Å². The summed E-state index contributed by atoms with van der Waals surface area (Å²) in [5.74, 6) is -0.286. The van der Waals surface area contributed by atoms with Gasteiger partial charge in [0.2, 0.25) is 0 Å². The van der Waals surface area contributed by atoms with E-state index in [2.05, 4.69) is 10.3 Å². The Morgan fingerprint density at radius 1 is 1.03 bits per heavy atom. The molecule has 0 fully saturated rings. The summed E-state index contributed by atoms with van der Waals surface area (Å²) in [5.41, 5.74) is 3.40. The van der Waals surface area contributed by atoms with E-state index < -0.39 is 24.0 Å². The molecule has 0 radical (unpaired) electrons. The minimum Gasteiger partial charge on any atom is -0.497 e. The highest BCUT2D eigenvalue weighted by Crippen LogP contribution is 2.31. The second-order valence-corrected chi connectivity index (χ2v) is 8.29. The lowest BCUT2D eigenvalue weighted by atomic mass is 9.86. The number of methoxy groups -OCH3 is 1. The van der Waals surface area contributed by atoms with Gasteiger partial charge in [-0.3, -0.25) is 4.79 Å². The minimum atomic E-state index is -0.677. The fraction of sp³-hybridized carbons (Fsp3) is 0.240. The molecule has 2 aromatic carbocycles. The number of amides is 2. The smallest absolute Gasteiger partial charge is 0.341 e. The number of hydrogen-bond donors (Lipinski definition) is 1. The van der Waals surface area contributed by atoms with E-state index in [1.165, 1.54) is 11.3 Å². The molecule has 2 unspecified atom stereocenters. The first-order valence-corrected chi connectivity index (χ1v) is 11.3. The molecule has 32 heavy (non-hydrogen) atoms. The van der Waals surface area contributed by atoms with Gasteiger partial charge in [0.05, 0.1) is 13.2 Å². The van der Waals surface area contributed by atoms with E-state index in [1.807, 2.05) is 71.4 Å². The number of hydrogen-bond acceptors (Lipinski definition) is 5. The highest BCUT2D eigenvalue weighted by molar-refractivity contribution is 7.08. The lowest BCUT2D eigenvalue weighted by Crippen LogP contribution is -2.45. The first-order valence-electron chi connectivity index (χ1n) is 10.4. The Morgan fingerprint density at radius 2 is 1.81 bits per heavy atom. The molecule has 2 atom stereocenters. The molecule has 0 aliphatic carbocycles. The van der Waals surface area contributed by atoms with Gasteiger partial charge in [0.15, 0.2) is 0 Å². The van der Waals surface area contributed by atoms with Gasteiger partial charge in [-0.15, -0.1) is 0 Å². The zero-order valence-corrected chi connectivity index (χ0v) is 18.5. The third kappa shape index (κ3) is 5.23. The second kappa shape index (κ2) is 10.2. The number of esters is 1. The first kappa shape index (κ1) is 21.8. The minimum absolute atomic E-state index is 0.173. The van der Waals surface area contributed by atoms with E-state index in [0.717, 1.165) is 22.4 Å². The summed E-state index contributed by atoms with van der Waals surface area (Å²) in [6.07, 6.45) is 1.13. The van der Waals surface area contributed by atoms with Crippen molar-refractivity contribution in [3.05, 3.63) is 88.1 Å². The van der Waals surface area contributed by atoms with Gasteiger partial charge in [-0.25, -0.2) is 9.79 Å². The van der Waals surface area contributed by atoms with Crippen LogP contribution in [0.3, 0.4) is 0 Å². The number of carbonyl (C=O) groups is 2. The Hall–Kier alpha value is -3.45. The van der Waals surface area contributed by atoms with Crippen LogP contribution in [0.25, 0.3) is 0 Å². The standard InChI is InChI=1S/C25H24N2O4S/c1-30-20-10-7-17(8-11-20)9-12-21-22(24(28)31-15-18-5-3-2-4-6-18)23(27-25(29)26-21)19-13-14-32-16-19/h2-8,10-11,13-14,16,22-23H,9,12,15H2,1H3,(H,27,29). The van der Waals surface area contributed by atoms with Crippen LogP contribution < -0.4 is 10.1 Å². The van der Waals surface area contributed by atoms with Crippen molar-refractivity contribution in [3.8, 4) is 5.75 Å². The Bertz CT molecular complexity index is 1080. The molecule has 0 bridgehead atoms. The maximum atomic E-state index is 13.2. The Morgan fingerprint density at radius 3 is 2.50 bits per heavy atom. The summed E-state index contributed by atoms with van der Waals surface area (Å²) < 4.78 is 10.9. The van der Waals surface area contributed by atoms with Crippen LogP contribution in [-0.4, -0.2) is 24.8 Å². The van der Waals surface area contributed by atoms with Crippen LogP contribution in [0.2, 0.25) is 0 Å². The van der Waals surface area contributed by atoms with Crippen molar-refractivity contribution in [1.29, 1.82) is 0 Å². The monoisotopic (exact) mass is 448 g/mol. The average molecular weight is 449 g/mol. The Kier molecular flexibility index (Phi) is 6.97. The number of nitrogens with one attached hydrogen (secondary N) is 1. The van der Waals surface area contributed by atoms with Crippen molar-refractivity contribution in [2.75, 3.05) is 7.11 Å². The van der Waals surface area contributed by atoms with Crippen molar-refractivity contribution in [1.82, 2.24) is 5.32 Å². The predicted molar refractivity (Wildman–Crippen MR) is 124 cm³/mol. The molecular weight excluding hydrogens is 424 g/mol. The second-order valence-electron chi connectivity index (χ2n) is 7.51. The quantitative estimate of drug-likeness (QED) is 0.495. The van der Waals surface area contributed by atoms with Crippen LogP contribution in [0.15, 0.2) is 76.4 Å².